The van der Waals surface area contributed by atoms with Crippen LogP contribution in [0.5, 0.6) is 5.75 Å². The first-order chi connectivity index (χ1) is 8.38. The van der Waals surface area contributed by atoms with Gasteiger partial charge in [-0.25, -0.2) is 4.98 Å². The average molecular weight is 231 g/mol. The molecule has 0 aliphatic rings. The van der Waals surface area contributed by atoms with E-state index in [0.29, 0.717) is 0 Å². The van der Waals surface area contributed by atoms with E-state index in [4.69, 9.17) is 4.74 Å². The van der Waals surface area contributed by atoms with E-state index < -0.39 is 0 Å². The Kier molecular flexibility index (Phi) is 4.16. The zero-order chi connectivity index (χ0) is 11.9. The molecule has 0 aliphatic heterocycles. The first-order valence-corrected chi connectivity index (χ1v) is 5.69. The first kappa shape index (κ1) is 11.7. The number of H-pyrrole nitrogens is 1. The van der Waals surface area contributed by atoms with Gasteiger partial charge in [-0.15, -0.1) is 0 Å². The molecule has 0 radical (unpaired) electrons. The predicted molar refractivity (Wildman–Crippen MR) is 67.0 cm³/mol. The van der Waals surface area contributed by atoms with E-state index in [9.17, 15) is 0 Å². The maximum absolute atomic E-state index is 5.12. The molecule has 0 amide bonds. The van der Waals surface area contributed by atoms with Gasteiger partial charge in [0.25, 0.3) is 0 Å². The number of aromatic nitrogens is 2. The van der Waals surface area contributed by atoms with Gasteiger partial charge in [0.15, 0.2) is 0 Å². The second-order valence-electron chi connectivity index (χ2n) is 3.85. The van der Waals surface area contributed by atoms with Crippen molar-refractivity contribution in [3.8, 4) is 5.75 Å². The van der Waals surface area contributed by atoms with Crippen molar-refractivity contribution in [2.24, 2.45) is 0 Å². The number of nitrogens with zero attached hydrogens (tertiary/aromatic N) is 1. The molecule has 4 nitrogen and oxygen atoms in total. The van der Waals surface area contributed by atoms with Crippen LogP contribution in [0.1, 0.15) is 11.3 Å². The molecule has 0 spiro atoms. The van der Waals surface area contributed by atoms with Crippen molar-refractivity contribution in [3.63, 3.8) is 0 Å². The van der Waals surface area contributed by atoms with Crippen molar-refractivity contribution in [1.29, 1.82) is 0 Å². The smallest absolute Gasteiger partial charge is 0.118 e. The molecule has 1 heterocycles. The van der Waals surface area contributed by atoms with Gasteiger partial charge in [-0.2, -0.15) is 0 Å². The minimum Gasteiger partial charge on any atom is -0.497 e. The van der Waals surface area contributed by atoms with E-state index in [1.807, 2.05) is 18.3 Å². The number of ether oxygens (including phenoxy) is 1. The molecule has 4 heteroatoms. The van der Waals surface area contributed by atoms with Crippen LogP contribution in [0.2, 0.25) is 0 Å². The van der Waals surface area contributed by atoms with E-state index in [1.54, 1.807) is 13.4 Å². The van der Waals surface area contributed by atoms with Gasteiger partial charge in [-0.3, -0.25) is 0 Å². The number of hydrogen-bond acceptors (Lipinski definition) is 3. The van der Waals surface area contributed by atoms with Gasteiger partial charge in [0.1, 0.15) is 5.75 Å². The highest BCUT2D eigenvalue weighted by Crippen LogP contribution is 2.11. The molecule has 0 saturated heterocycles. The largest absolute Gasteiger partial charge is 0.497 e. The van der Waals surface area contributed by atoms with Crippen molar-refractivity contribution in [3.05, 3.63) is 48.0 Å². The molecule has 2 N–H and O–H groups in total. The molecule has 2 aromatic rings. The molecule has 17 heavy (non-hydrogen) atoms. The van der Waals surface area contributed by atoms with Gasteiger partial charge in [-0.05, 0) is 30.7 Å². The first-order valence-electron chi connectivity index (χ1n) is 5.69. The molecule has 0 saturated carbocycles. The summed E-state index contributed by atoms with van der Waals surface area (Å²) in [4.78, 5) is 7.03. The summed E-state index contributed by atoms with van der Waals surface area (Å²) in [5.74, 6) is 0.902. The molecular formula is C13H17N3O. The Balaban J connectivity index is 1.70. The van der Waals surface area contributed by atoms with Crippen LogP contribution in [0.4, 0.5) is 0 Å². The van der Waals surface area contributed by atoms with Crippen molar-refractivity contribution in [1.82, 2.24) is 15.3 Å². The van der Waals surface area contributed by atoms with Crippen molar-refractivity contribution in [2.75, 3.05) is 13.7 Å². The van der Waals surface area contributed by atoms with Crippen molar-refractivity contribution in [2.45, 2.75) is 13.0 Å². The Bertz CT molecular complexity index is 422. The Morgan fingerprint density at radius 3 is 2.76 bits per heavy atom. The van der Waals surface area contributed by atoms with Crippen LogP contribution in [0.25, 0.3) is 0 Å². The minimum absolute atomic E-state index is 0.830. The topological polar surface area (TPSA) is 49.9 Å². The highest BCUT2D eigenvalue weighted by Gasteiger charge is 1.96. The van der Waals surface area contributed by atoms with Crippen LogP contribution in [0.3, 0.4) is 0 Å². The molecule has 2 rings (SSSR count). The fraction of sp³-hybridized carbons (Fsp3) is 0.308. The molecule has 1 aromatic carbocycles. The van der Waals surface area contributed by atoms with Crippen molar-refractivity contribution < 1.29 is 4.74 Å². The Labute approximate surface area is 101 Å². The predicted octanol–water partition coefficient (Wildman–Crippen LogP) is 1.75. The van der Waals surface area contributed by atoms with Gasteiger partial charge >= 0.3 is 0 Å². The number of aromatic amines is 1. The van der Waals surface area contributed by atoms with Crippen LogP contribution in [0.15, 0.2) is 36.8 Å². The van der Waals surface area contributed by atoms with Gasteiger partial charge in [0, 0.05) is 18.4 Å². The molecule has 90 valence electrons. The van der Waals surface area contributed by atoms with E-state index in [-0.39, 0.29) is 0 Å². The normalized spacial score (nSPS) is 10.4. The number of hydrogen-bond donors (Lipinski definition) is 2. The summed E-state index contributed by atoms with van der Waals surface area (Å²) in [7, 11) is 1.68. The second-order valence-corrected chi connectivity index (χ2v) is 3.85. The van der Waals surface area contributed by atoms with E-state index in [0.717, 1.165) is 31.0 Å². The fourth-order valence-electron chi connectivity index (χ4n) is 1.63. The SMILES string of the molecule is COc1ccc(CCNCc2cnc[nH]2)cc1. The van der Waals surface area contributed by atoms with Crippen LogP contribution in [0, 0.1) is 0 Å². The molecule has 0 fully saturated rings. The Morgan fingerprint density at radius 2 is 2.12 bits per heavy atom. The van der Waals surface area contributed by atoms with Crippen LogP contribution in [-0.4, -0.2) is 23.6 Å². The van der Waals surface area contributed by atoms with E-state index in [1.165, 1.54) is 5.56 Å². The van der Waals surface area contributed by atoms with Gasteiger partial charge in [-0.1, -0.05) is 12.1 Å². The Hall–Kier alpha value is -1.81. The quantitative estimate of drug-likeness (QED) is 0.745. The maximum Gasteiger partial charge on any atom is 0.118 e. The number of methoxy groups -OCH3 is 1. The maximum atomic E-state index is 5.12. The lowest BCUT2D eigenvalue weighted by Crippen LogP contribution is -2.16. The van der Waals surface area contributed by atoms with Gasteiger partial charge in [0.05, 0.1) is 13.4 Å². The highest BCUT2D eigenvalue weighted by molar-refractivity contribution is 5.27. The summed E-state index contributed by atoms with van der Waals surface area (Å²) in [6, 6.07) is 8.17. The summed E-state index contributed by atoms with van der Waals surface area (Å²) < 4.78 is 5.12. The molecule has 1 aromatic heterocycles. The number of nitrogens with one attached hydrogen (secondary N) is 2. The standard InChI is InChI=1S/C13H17N3O/c1-17-13-4-2-11(3-5-13)6-7-14-8-12-9-15-10-16-12/h2-5,9-10,14H,6-8H2,1H3,(H,15,16). The number of benzene rings is 1. The molecule has 0 bridgehead atoms. The molecule has 0 unspecified atom stereocenters. The Morgan fingerprint density at radius 1 is 1.29 bits per heavy atom. The summed E-state index contributed by atoms with van der Waals surface area (Å²) in [6.07, 6.45) is 4.54. The molecule has 0 aliphatic carbocycles. The van der Waals surface area contributed by atoms with Crippen LogP contribution >= 0.6 is 0 Å². The summed E-state index contributed by atoms with van der Waals surface area (Å²) >= 11 is 0. The third kappa shape index (κ3) is 3.60. The highest BCUT2D eigenvalue weighted by atomic mass is 16.5. The summed E-state index contributed by atoms with van der Waals surface area (Å²) in [5, 5.41) is 3.36. The van der Waals surface area contributed by atoms with Gasteiger partial charge < -0.3 is 15.0 Å². The number of imidazole rings is 1. The van der Waals surface area contributed by atoms with Gasteiger partial charge in [0.2, 0.25) is 0 Å². The lowest BCUT2D eigenvalue weighted by molar-refractivity contribution is 0.414. The summed E-state index contributed by atoms with van der Waals surface area (Å²) in [5.41, 5.74) is 2.42. The van der Waals surface area contributed by atoms with Crippen LogP contribution < -0.4 is 10.1 Å². The monoisotopic (exact) mass is 231 g/mol. The fourth-order valence-corrected chi connectivity index (χ4v) is 1.63. The van der Waals surface area contributed by atoms with E-state index in [2.05, 4.69) is 27.4 Å². The lowest BCUT2D eigenvalue weighted by atomic mass is 10.1. The third-order valence-electron chi connectivity index (χ3n) is 2.62. The minimum atomic E-state index is 0.830. The average Bonchev–Trinajstić information content (AvgIpc) is 2.88. The van der Waals surface area contributed by atoms with Crippen molar-refractivity contribution >= 4 is 0 Å². The zero-order valence-corrected chi connectivity index (χ0v) is 9.94. The van der Waals surface area contributed by atoms with E-state index >= 15 is 0 Å². The zero-order valence-electron chi connectivity index (χ0n) is 9.94. The lowest BCUT2D eigenvalue weighted by Gasteiger charge is -2.04. The second kappa shape index (κ2) is 6.06. The third-order valence-corrected chi connectivity index (χ3v) is 2.62. The summed E-state index contributed by atoms with van der Waals surface area (Å²) in [6.45, 7) is 1.78. The molecule has 0 atom stereocenters. The number of rotatable bonds is 6. The molecular weight excluding hydrogens is 214 g/mol. The van der Waals surface area contributed by atoms with Crippen LogP contribution in [-0.2, 0) is 13.0 Å².